The van der Waals surface area contributed by atoms with Crippen LogP contribution in [0.3, 0.4) is 0 Å². The summed E-state index contributed by atoms with van der Waals surface area (Å²) in [5, 5.41) is 3.47. The molecule has 0 aliphatic rings. The summed E-state index contributed by atoms with van der Waals surface area (Å²) in [6.45, 7) is 4.95. The molecule has 0 radical (unpaired) electrons. The van der Waals surface area contributed by atoms with E-state index in [0.717, 1.165) is 17.9 Å². The number of methoxy groups -OCH3 is 2. The van der Waals surface area contributed by atoms with Gasteiger partial charge in [-0.25, -0.2) is 0 Å². The summed E-state index contributed by atoms with van der Waals surface area (Å²) in [4.78, 5) is 0. The summed E-state index contributed by atoms with van der Waals surface area (Å²) >= 11 is 0. The van der Waals surface area contributed by atoms with E-state index >= 15 is 0 Å². The molecule has 1 atom stereocenters. The third-order valence-corrected chi connectivity index (χ3v) is 2.67. The molecule has 0 fully saturated rings. The Morgan fingerprint density at radius 2 is 2.06 bits per heavy atom. The molecule has 0 spiro atoms. The molecule has 0 amide bonds. The molecule has 0 bridgehead atoms. The van der Waals surface area contributed by atoms with Gasteiger partial charge in [0.05, 0.1) is 13.7 Å². The van der Waals surface area contributed by atoms with E-state index in [0.29, 0.717) is 12.6 Å². The molecule has 3 heteroatoms. The van der Waals surface area contributed by atoms with Gasteiger partial charge in [-0.1, -0.05) is 13.0 Å². The lowest BCUT2D eigenvalue weighted by Crippen LogP contribution is -2.24. The Morgan fingerprint density at radius 1 is 1.31 bits per heavy atom. The third kappa shape index (κ3) is 3.42. The average Bonchev–Trinajstić information content (AvgIpc) is 2.31. The SMILES string of the molecule is CCC(COC)Nc1cc(OC)ccc1C. The second-order valence-corrected chi connectivity index (χ2v) is 3.89. The Kier molecular flexibility index (Phi) is 5.12. The van der Waals surface area contributed by atoms with Crippen molar-refractivity contribution >= 4 is 5.69 Å². The zero-order valence-electron chi connectivity index (χ0n) is 10.5. The Labute approximate surface area is 97.8 Å². The second-order valence-electron chi connectivity index (χ2n) is 3.89. The quantitative estimate of drug-likeness (QED) is 0.804. The van der Waals surface area contributed by atoms with E-state index in [2.05, 4.69) is 25.2 Å². The minimum Gasteiger partial charge on any atom is -0.497 e. The normalized spacial score (nSPS) is 12.2. The monoisotopic (exact) mass is 223 g/mol. The van der Waals surface area contributed by atoms with Crippen LogP contribution in [0.2, 0.25) is 0 Å². The van der Waals surface area contributed by atoms with Crippen LogP contribution in [0.15, 0.2) is 18.2 Å². The summed E-state index contributed by atoms with van der Waals surface area (Å²) in [5.74, 6) is 0.875. The molecule has 0 aromatic heterocycles. The molecule has 0 saturated carbocycles. The minimum atomic E-state index is 0.343. The number of benzene rings is 1. The van der Waals surface area contributed by atoms with Crippen molar-refractivity contribution in [2.24, 2.45) is 0 Å². The lowest BCUT2D eigenvalue weighted by Gasteiger charge is -2.19. The molecular formula is C13H21NO2. The summed E-state index contributed by atoms with van der Waals surface area (Å²) < 4.78 is 10.4. The van der Waals surface area contributed by atoms with Crippen LogP contribution in [0.4, 0.5) is 5.69 Å². The lowest BCUT2D eigenvalue weighted by molar-refractivity contribution is 0.184. The van der Waals surface area contributed by atoms with Gasteiger partial charge in [-0.3, -0.25) is 0 Å². The van der Waals surface area contributed by atoms with Crippen molar-refractivity contribution in [1.82, 2.24) is 0 Å². The van der Waals surface area contributed by atoms with Crippen LogP contribution < -0.4 is 10.1 Å². The Hall–Kier alpha value is -1.22. The molecule has 1 rings (SSSR count). The topological polar surface area (TPSA) is 30.5 Å². The zero-order valence-corrected chi connectivity index (χ0v) is 10.5. The van der Waals surface area contributed by atoms with Gasteiger partial charge in [-0.05, 0) is 25.0 Å². The summed E-state index contributed by atoms with van der Waals surface area (Å²) in [6.07, 6.45) is 1.03. The van der Waals surface area contributed by atoms with Crippen LogP contribution in [0.1, 0.15) is 18.9 Å². The zero-order chi connectivity index (χ0) is 12.0. The third-order valence-electron chi connectivity index (χ3n) is 2.67. The molecule has 1 aromatic carbocycles. The van der Waals surface area contributed by atoms with Crippen LogP contribution in [0, 0.1) is 6.92 Å². The van der Waals surface area contributed by atoms with Gasteiger partial charge in [-0.15, -0.1) is 0 Å². The Bertz CT molecular complexity index is 326. The maximum atomic E-state index is 5.21. The van der Waals surface area contributed by atoms with Gasteiger partial charge < -0.3 is 14.8 Å². The maximum Gasteiger partial charge on any atom is 0.120 e. The molecule has 0 saturated heterocycles. The number of rotatable bonds is 6. The second kappa shape index (κ2) is 6.38. The van der Waals surface area contributed by atoms with Crippen molar-refractivity contribution in [3.8, 4) is 5.75 Å². The number of anilines is 1. The average molecular weight is 223 g/mol. The standard InChI is InChI=1S/C13H21NO2/c1-5-11(9-15-3)14-13-8-12(16-4)7-6-10(13)2/h6-8,11,14H,5,9H2,1-4H3. The first-order valence-corrected chi connectivity index (χ1v) is 5.61. The van der Waals surface area contributed by atoms with E-state index in [9.17, 15) is 0 Å². The highest BCUT2D eigenvalue weighted by atomic mass is 16.5. The number of hydrogen-bond donors (Lipinski definition) is 1. The van der Waals surface area contributed by atoms with Crippen molar-refractivity contribution in [2.75, 3.05) is 26.1 Å². The molecular weight excluding hydrogens is 202 g/mol. The number of ether oxygens (including phenoxy) is 2. The highest BCUT2D eigenvalue weighted by Crippen LogP contribution is 2.22. The highest BCUT2D eigenvalue weighted by Gasteiger charge is 2.07. The smallest absolute Gasteiger partial charge is 0.120 e. The van der Waals surface area contributed by atoms with E-state index in [4.69, 9.17) is 9.47 Å². The Morgan fingerprint density at radius 3 is 2.62 bits per heavy atom. The van der Waals surface area contributed by atoms with E-state index in [1.54, 1.807) is 14.2 Å². The molecule has 1 N–H and O–H groups in total. The van der Waals surface area contributed by atoms with Crippen molar-refractivity contribution in [3.63, 3.8) is 0 Å². The van der Waals surface area contributed by atoms with Crippen molar-refractivity contribution in [3.05, 3.63) is 23.8 Å². The van der Waals surface area contributed by atoms with Gasteiger partial charge in [0.1, 0.15) is 5.75 Å². The van der Waals surface area contributed by atoms with Crippen LogP contribution >= 0.6 is 0 Å². The van der Waals surface area contributed by atoms with Gasteiger partial charge in [-0.2, -0.15) is 0 Å². The fourth-order valence-corrected chi connectivity index (χ4v) is 1.57. The van der Waals surface area contributed by atoms with E-state index in [-0.39, 0.29) is 0 Å². The minimum absolute atomic E-state index is 0.343. The van der Waals surface area contributed by atoms with E-state index in [1.165, 1.54) is 5.56 Å². The van der Waals surface area contributed by atoms with Crippen molar-refractivity contribution < 1.29 is 9.47 Å². The molecule has 3 nitrogen and oxygen atoms in total. The van der Waals surface area contributed by atoms with Crippen LogP contribution in [-0.4, -0.2) is 26.9 Å². The number of nitrogens with one attached hydrogen (secondary N) is 1. The van der Waals surface area contributed by atoms with Crippen LogP contribution in [-0.2, 0) is 4.74 Å². The Balaban J connectivity index is 2.77. The van der Waals surface area contributed by atoms with Gasteiger partial charge in [0.2, 0.25) is 0 Å². The van der Waals surface area contributed by atoms with Crippen molar-refractivity contribution in [1.29, 1.82) is 0 Å². The van der Waals surface area contributed by atoms with E-state index in [1.807, 2.05) is 12.1 Å². The van der Waals surface area contributed by atoms with Gasteiger partial charge in [0.15, 0.2) is 0 Å². The molecule has 0 aliphatic heterocycles. The fourth-order valence-electron chi connectivity index (χ4n) is 1.57. The van der Waals surface area contributed by atoms with Crippen molar-refractivity contribution in [2.45, 2.75) is 26.3 Å². The first-order chi connectivity index (χ1) is 7.71. The van der Waals surface area contributed by atoms with Gasteiger partial charge in [0.25, 0.3) is 0 Å². The molecule has 0 heterocycles. The first-order valence-electron chi connectivity index (χ1n) is 5.61. The van der Waals surface area contributed by atoms with Gasteiger partial charge in [0, 0.05) is 24.9 Å². The maximum absolute atomic E-state index is 5.21. The molecule has 1 unspecified atom stereocenters. The predicted molar refractivity (Wildman–Crippen MR) is 67.3 cm³/mol. The highest BCUT2D eigenvalue weighted by molar-refractivity contribution is 5.55. The lowest BCUT2D eigenvalue weighted by atomic mass is 10.1. The van der Waals surface area contributed by atoms with Crippen LogP contribution in [0.5, 0.6) is 5.75 Å². The number of aryl methyl sites for hydroxylation is 1. The first kappa shape index (κ1) is 12.8. The molecule has 16 heavy (non-hydrogen) atoms. The summed E-state index contributed by atoms with van der Waals surface area (Å²) in [5.41, 5.74) is 2.33. The fraction of sp³-hybridized carbons (Fsp3) is 0.538. The van der Waals surface area contributed by atoms with Gasteiger partial charge >= 0.3 is 0 Å². The molecule has 90 valence electrons. The van der Waals surface area contributed by atoms with E-state index < -0.39 is 0 Å². The largest absolute Gasteiger partial charge is 0.497 e. The summed E-state index contributed by atoms with van der Waals surface area (Å²) in [7, 11) is 3.41. The summed E-state index contributed by atoms with van der Waals surface area (Å²) in [6, 6.07) is 6.39. The molecule has 0 aliphatic carbocycles. The van der Waals surface area contributed by atoms with Crippen LogP contribution in [0.25, 0.3) is 0 Å². The number of hydrogen-bond acceptors (Lipinski definition) is 3. The predicted octanol–water partition coefficient (Wildman–Crippen LogP) is 2.84. The molecule has 1 aromatic rings.